The Morgan fingerprint density at radius 2 is 1.79 bits per heavy atom. The Balaban J connectivity index is 2.74. The average Bonchev–Trinajstić information content (AvgIpc) is 2.57. The summed E-state index contributed by atoms with van der Waals surface area (Å²) in [6, 6.07) is 6.89. The Hall–Kier alpha value is -1.55. The molecule has 0 saturated carbocycles. The van der Waals surface area contributed by atoms with Gasteiger partial charge in [-0.15, -0.1) is 0 Å². The molecule has 2 amide bonds. The van der Waals surface area contributed by atoms with E-state index in [-0.39, 0.29) is 11.8 Å². The number of carbonyl (C=O) groups is 2. The summed E-state index contributed by atoms with van der Waals surface area (Å²) in [5.41, 5.74) is 0.967. The molecule has 134 valence electrons. The minimum atomic E-state index is -0.485. The summed E-state index contributed by atoms with van der Waals surface area (Å²) in [7, 11) is 0. The van der Waals surface area contributed by atoms with Gasteiger partial charge in [0.05, 0.1) is 0 Å². The van der Waals surface area contributed by atoms with Gasteiger partial charge in [0.15, 0.2) is 0 Å². The van der Waals surface area contributed by atoms with E-state index in [0.717, 1.165) is 31.2 Å². The molecule has 1 N–H and O–H groups in total. The number of unbranched alkanes of at least 4 members (excludes halogenated alkanes) is 2. The Morgan fingerprint density at radius 3 is 2.38 bits per heavy atom. The lowest BCUT2D eigenvalue weighted by molar-refractivity contribution is -0.140. The van der Waals surface area contributed by atoms with Crippen molar-refractivity contribution in [1.29, 1.82) is 0 Å². The van der Waals surface area contributed by atoms with Crippen molar-refractivity contribution in [3.63, 3.8) is 0 Å². The largest absolute Gasteiger partial charge is 0.354 e. The molecule has 0 aliphatic carbocycles. The molecule has 1 aromatic rings. The molecule has 1 atom stereocenters. The molecule has 4 nitrogen and oxygen atoms in total. The fourth-order valence-electron chi connectivity index (χ4n) is 2.46. The zero-order valence-corrected chi connectivity index (χ0v) is 15.7. The van der Waals surface area contributed by atoms with Gasteiger partial charge in [-0.25, -0.2) is 0 Å². The number of hydrogen-bond donors (Lipinski definition) is 1. The smallest absolute Gasteiger partial charge is 0.242 e. The number of benzene rings is 1. The normalized spacial score (nSPS) is 11.8. The average molecular weight is 353 g/mol. The molecule has 24 heavy (non-hydrogen) atoms. The molecule has 0 saturated heterocycles. The number of nitrogens with zero attached hydrogens (tertiary/aromatic N) is 1. The molecule has 0 heterocycles. The minimum absolute atomic E-state index is 0.00339. The topological polar surface area (TPSA) is 49.4 Å². The third-order valence-electron chi connectivity index (χ3n) is 3.98. The van der Waals surface area contributed by atoms with Crippen LogP contribution in [0, 0.1) is 0 Å². The van der Waals surface area contributed by atoms with Gasteiger partial charge in [0.25, 0.3) is 0 Å². The molecule has 5 heteroatoms. The molecule has 0 spiro atoms. The van der Waals surface area contributed by atoms with Crippen LogP contribution < -0.4 is 5.32 Å². The standard InChI is InChI=1S/C19H29ClN2O2/c1-4-6-7-13-21-19(24)15(3)22(18(23)8-5-2)14-16-9-11-17(20)12-10-16/h9-12,15H,4-8,13-14H2,1-3H3,(H,21,24)/t15-/m1/s1. The summed E-state index contributed by atoms with van der Waals surface area (Å²) in [5, 5.41) is 3.59. The number of halogens is 1. The third kappa shape index (κ3) is 6.91. The van der Waals surface area contributed by atoms with Crippen molar-refractivity contribution in [2.75, 3.05) is 6.54 Å². The van der Waals surface area contributed by atoms with Gasteiger partial charge in [-0.2, -0.15) is 0 Å². The quantitative estimate of drug-likeness (QED) is 0.642. The molecule has 0 unspecified atom stereocenters. The fourth-order valence-corrected chi connectivity index (χ4v) is 2.59. The lowest BCUT2D eigenvalue weighted by Gasteiger charge is -2.28. The maximum Gasteiger partial charge on any atom is 0.242 e. The van der Waals surface area contributed by atoms with Gasteiger partial charge in [-0.05, 0) is 37.5 Å². The van der Waals surface area contributed by atoms with Crippen molar-refractivity contribution in [2.24, 2.45) is 0 Å². The third-order valence-corrected chi connectivity index (χ3v) is 4.23. The first-order valence-electron chi connectivity index (χ1n) is 8.81. The van der Waals surface area contributed by atoms with Gasteiger partial charge in [-0.3, -0.25) is 9.59 Å². The Labute approximate surface area is 150 Å². The molecule has 1 rings (SSSR count). The van der Waals surface area contributed by atoms with Crippen molar-refractivity contribution in [2.45, 2.75) is 65.5 Å². The van der Waals surface area contributed by atoms with Crippen LogP contribution in [0.3, 0.4) is 0 Å². The summed E-state index contributed by atoms with van der Waals surface area (Å²) < 4.78 is 0. The highest BCUT2D eigenvalue weighted by Gasteiger charge is 2.25. The van der Waals surface area contributed by atoms with Crippen LogP contribution in [-0.4, -0.2) is 29.3 Å². The van der Waals surface area contributed by atoms with Crippen LogP contribution in [0.4, 0.5) is 0 Å². The molecule has 1 aromatic carbocycles. The first-order valence-corrected chi connectivity index (χ1v) is 9.19. The second-order valence-electron chi connectivity index (χ2n) is 6.07. The van der Waals surface area contributed by atoms with Crippen LogP contribution in [0.2, 0.25) is 5.02 Å². The highest BCUT2D eigenvalue weighted by Crippen LogP contribution is 2.15. The second kappa shape index (κ2) is 11.1. The van der Waals surface area contributed by atoms with Crippen molar-refractivity contribution < 1.29 is 9.59 Å². The van der Waals surface area contributed by atoms with E-state index in [4.69, 9.17) is 11.6 Å². The number of amides is 2. The summed E-state index contributed by atoms with van der Waals surface area (Å²) in [6.07, 6.45) is 4.39. The van der Waals surface area contributed by atoms with Gasteiger partial charge in [0, 0.05) is 24.5 Å². The molecular weight excluding hydrogens is 324 g/mol. The molecule has 0 aliphatic heterocycles. The molecule has 0 aliphatic rings. The molecular formula is C19H29ClN2O2. The second-order valence-corrected chi connectivity index (χ2v) is 6.51. The molecule has 0 bridgehead atoms. The van der Waals surface area contributed by atoms with E-state index in [0.29, 0.717) is 24.5 Å². The summed E-state index contributed by atoms with van der Waals surface area (Å²) >= 11 is 5.91. The predicted octanol–water partition coefficient (Wildman–Crippen LogP) is 4.16. The SMILES string of the molecule is CCCCCNC(=O)[C@@H](C)N(Cc1ccc(Cl)cc1)C(=O)CCC. The predicted molar refractivity (Wildman–Crippen MR) is 98.9 cm³/mol. The van der Waals surface area contributed by atoms with Crippen LogP contribution in [0.5, 0.6) is 0 Å². The lowest BCUT2D eigenvalue weighted by Crippen LogP contribution is -2.47. The van der Waals surface area contributed by atoms with Gasteiger partial charge >= 0.3 is 0 Å². The van der Waals surface area contributed by atoms with E-state index in [1.54, 1.807) is 24.0 Å². The van der Waals surface area contributed by atoms with E-state index in [2.05, 4.69) is 12.2 Å². The summed E-state index contributed by atoms with van der Waals surface area (Å²) in [6.45, 7) is 6.96. The first-order chi connectivity index (χ1) is 11.5. The van der Waals surface area contributed by atoms with Crippen LogP contribution in [0.1, 0.15) is 58.4 Å². The van der Waals surface area contributed by atoms with E-state index in [1.165, 1.54) is 0 Å². The van der Waals surface area contributed by atoms with Gasteiger partial charge in [-0.1, -0.05) is 50.4 Å². The number of rotatable bonds is 10. The Morgan fingerprint density at radius 1 is 1.12 bits per heavy atom. The van der Waals surface area contributed by atoms with Crippen LogP contribution in [0.25, 0.3) is 0 Å². The highest BCUT2D eigenvalue weighted by atomic mass is 35.5. The molecule has 0 aromatic heterocycles. The Kier molecular flexibility index (Phi) is 9.46. The number of carbonyl (C=O) groups excluding carboxylic acids is 2. The fraction of sp³-hybridized carbons (Fsp3) is 0.579. The van der Waals surface area contributed by atoms with E-state index < -0.39 is 6.04 Å². The van der Waals surface area contributed by atoms with Gasteiger partial charge in [0.1, 0.15) is 6.04 Å². The molecule has 0 radical (unpaired) electrons. The van der Waals surface area contributed by atoms with Crippen LogP contribution in [0.15, 0.2) is 24.3 Å². The van der Waals surface area contributed by atoms with Gasteiger partial charge < -0.3 is 10.2 Å². The maximum absolute atomic E-state index is 12.5. The van der Waals surface area contributed by atoms with Crippen molar-refractivity contribution >= 4 is 23.4 Å². The van der Waals surface area contributed by atoms with Crippen molar-refractivity contribution in [3.05, 3.63) is 34.9 Å². The van der Waals surface area contributed by atoms with Gasteiger partial charge in [0.2, 0.25) is 11.8 Å². The number of hydrogen-bond acceptors (Lipinski definition) is 2. The first kappa shape index (κ1) is 20.5. The minimum Gasteiger partial charge on any atom is -0.354 e. The lowest BCUT2D eigenvalue weighted by atomic mass is 10.1. The van der Waals surface area contributed by atoms with Crippen LogP contribution >= 0.6 is 11.6 Å². The van der Waals surface area contributed by atoms with Crippen LogP contribution in [-0.2, 0) is 16.1 Å². The Bertz CT molecular complexity index is 517. The molecule has 0 fully saturated rings. The van der Waals surface area contributed by atoms with E-state index >= 15 is 0 Å². The monoisotopic (exact) mass is 352 g/mol. The van der Waals surface area contributed by atoms with E-state index in [9.17, 15) is 9.59 Å². The summed E-state index contributed by atoms with van der Waals surface area (Å²) in [5.74, 6) is -0.0897. The zero-order valence-electron chi connectivity index (χ0n) is 15.0. The number of nitrogens with one attached hydrogen (secondary N) is 1. The summed E-state index contributed by atoms with van der Waals surface area (Å²) in [4.78, 5) is 26.5. The van der Waals surface area contributed by atoms with Crippen molar-refractivity contribution in [1.82, 2.24) is 10.2 Å². The van der Waals surface area contributed by atoms with E-state index in [1.807, 2.05) is 19.1 Å². The zero-order chi connectivity index (χ0) is 17.9. The van der Waals surface area contributed by atoms with Crippen molar-refractivity contribution in [3.8, 4) is 0 Å². The maximum atomic E-state index is 12.5. The highest BCUT2D eigenvalue weighted by molar-refractivity contribution is 6.30.